The smallest absolute Gasteiger partial charge is 0.105 e. The first kappa shape index (κ1) is 14.4. The van der Waals surface area contributed by atoms with Crippen LogP contribution in [0.5, 0.6) is 0 Å². The first-order valence-corrected chi connectivity index (χ1v) is 7.75. The zero-order valence-electron chi connectivity index (χ0n) is 12.0. The van der Waals surface area contributed by atoms with Gasteiger partial charge in [0.2, 0.25) is 0 Å². The fourth-order valence-corrected chi connectivity index (χ4v) is 3.07. The van der Waals surface area contributed by atoms with E-state index >= 15 is 0 Å². The summed E-state index contributed by atoms with van der Waals surface area (Å²) in [6.07, 6.45) is 1.18. The lowest BCUT2D eigenvalue weighted by molar-refractivity contribution is 0.502. The van der Waals surface area contributed by atoms with Crippen LogP contribution in [0.3, 0.4) is 0 Å². The Morgan fingerprint density at radius 2 is 1.68 bits per heavy atom. The summed E-state index contributed by atoms with van der Waals surface area (Å²) in [7, 11) is 0. The summed E-state index contributed by atoms with van der Waals surface area (Å²) in [5.74, 6) is 2.58. The number of halogens is 1. The van der Waals surface area contributed by atoms with E-state index in [1.165, 1.54) is 23.1 Å². The van der Waals surface area contributed by atoms with Gasteiger partial charge in [0, 0.05) is 5.56 Å². The minimum absolute atomic E-state index is 0.205. The Morgan fingerprint density at radius 3 is 2.16 bits per heavy atom. The molecule has 0 fully saturated rings. The molecule has 0 spiro atoms. The third-order valence-electron chi connectivity index (χ3n) is 3.76. The third-order valence-corrected chi connectivity index (χ3v) is 4.78. The summed E-state index contributed by atoms with van der Waals surface area (Å²) in [6.45, 7) is 8.50. The number of hydrogen-bond acceptors (Lipinski definition) is 1. The summed E-state index contributed by atoms with van der Waals surface area (Å²) < 4.78 is 5.61. The van der Waals surface area contributed by atoms with Crippen LogP contribution in [0, 0.1) is 13.8 Å². The van der Waals surface area contributed by atoms with E-state index in [0.717, 1.165) is 11.5 Å². The summed E-state index contributed by atoms with van der Waals surface area (Å²) in [5.41, 5.74) is 3.90. The summed E-state index contributed by atoms with van der Waals surface area (Å²) in [4.78, 5) is 0.205. The van der Waals surface area contributed by atoms with Crippen LogP contribution in [0.4, 0.5) is 0 Å². The molecule has 2 heteroatoms. The van der Waals surface area contributed by atoms with Gasteiger partial charge in [0.05, 0.1) is 4.83 Å². The Morgan fingerprint density at radius 1 is 1.11 bits per heavy atom. The van der Waals surface area contributed by atoms with E-state index < -0.39 is 0 Å². The molecular formula is C17H21BrO. The molecule has 0 saturated heterocycles. The van der Waals surface area contributed by atoms with Gasteiger partial charge < -0.3 is 4.42 Å². The van der Waals surface area contributed by atoms with Crippen LogP contribution in [0.25, 0.3) is 0 Å². The van der Waals surface area contributed by atoms with Crippen molar-refractivity contribution in [2.75, 3.05) is 0 Å². The van der Waals surface area contributed by atoms with E-state index in [-0.39, 0.29) is 4.83 Å². The first-order valence-electron chi connectivity index (χ1n) is 6.83. The molecule has 1 aromatic heterocycles. The number of aryl methyl sites for hydroxylation is 2. The Labute approximate surface area is 124 Å². The van der Waals surface area contributed by atoms with Crippen molar-refractivity contribution in [3.8, 4) is 0 Å². The first-order chi connectivity index (χ1) is 9.02. The van der Waals surface area contributed by atoms with Crippen LogP contribution < -0.4 is 0 Å². The predicted molar refractivity (Wildman–Crippen MR) is 84.1 cm³/mol. The normalized spacial score (nSPS) is 14.4. The Hall–Kier alpha value is -1.02. The second-order valence-electron chi connectivity index (χ2n) is 5.21. The summed E-state index contributed by atoms with van der Waals surface area (Å²) >= 11 is 3.78. The van der Waals surface area contributed by atoms with Gasteiger partial charge in [0.25, 0.3) is 0 Å². The molecule has 0 saturated carbocycles. The molecule has 2 atom stereocenters. The lowest BCUT2D eigenvalue weighted by Gasteiger charge is -2.13. The monoisotopic (exact) mass is 320 g/mol. The van der Waals surface area contributed by atoms with E-state index in [1.807, 2.05) is 13.8 Å². The van der Waals surface area contributed by atoms with E-state index in [4.69, 9.17) is 4.42 Å². The maximum Gasteiger partial charge on any atom is 0.105 e. The molecule has 0 amide bonds. The molecule has 19 heavy (non-hydrogen) atoms. The van der Waals surface area contributed by atoms with Crippen molar-refractivity contribution in [2.45, 2.75) is 44.9 Å². The number of furan rings is 1. The Balaban J connectivity index is 2.25. The molecule has 1 nitrogen and oxygen atoms in total. The fourth-order valence-electron chi connectivity index (χ4n) is 2.31. The van der Waals surface area contributed by atoms with Gasteiger partial charge >= 0.3 is 0 Å². The largest absolute Gasteiger partial charge is 0.466 e. The topological polar surface area (TPSA) is 13.1 Å². The second-order valence-corrected chi connectivity index (χ2v) is 6.12. The maximum absolute atomic E-state index is 5.61. The minimum atomic E-state index is 0.205. The van der Waals surface area contributed by atoms with Gasteiger partial charge in [0.1, 0.15) is 11.5 Å². The molecule has 0 N–H and O–H groups in total. The molecule has 1 aromatic carbocycles. The molecule has 0 aliphatic carbocycles. The van der Waals surface area contributed by atoms with Gasteiger partial charge in [-0.25, -0.2) is 0 Å². The van der Waals surface area contributed by atoms with Crippen LogP contribution in [0.2, 0.25) is 0 Å². The molecule has 0 aliphatic heterocycles. The minimum Gasteiger partial charge on any atom is -0.466 e. The fraction of sp³-hybridized carbons (Fsp3) is 0.412. The Kier molecular flexibility index (Phi) is 4.51. The zero-order chi connectivity index (χ0) is 14.0. The van der Waals surface area contributed by atoms with E-state index in [1.54, 1.807) is 0 Å². The van der Waals surface area contributed by atoms with Gasteiger partial charge in [-0.2, -0.15) is 0 Å². The average molecular weight is 321 g/mol. The third kappa shape index (κ3) is 3.11. The van der Waals surface area contributed by atoms with Gasteiger partial charge in [-0.05, 0) is 43.4 Å². The highest BCUT2D eigenvalue weighted by Crippen LogP contribution is 2.35. The van der Waals surface area contributed by atoms with Crippen molar-refractivity contribution in [3.05, 3.63) is 58.5 Å². The highest BCUT2D eigenvalue weighted by molar-refractivity contribution is 9.09. The molecule has 2 rings (SSSR count). The SMILES string of the molecule is CCC(C)c1ccc(C(Br)c2cc(C)oc2C)cc1. The van der Waals surface area contributed by atoms with E-state index in [9.17, 15) is 0 Å². The average Bonchev–Trinajstić information content (AvgIpc) is 2.76. The van der Waals surface area contributed by atoms with Crippen molar-refractivity contribution in [2.24, 2.45) is 0 Å². The molecule has 0 radical (unpaired) electrons. The van der Waals surface area contributed by atoms with Crippen LogP contribution in [-0.4, -0.2) is 0 Å². The molecule has 102 valence electrons. The number of benzene rings is 1. The van der Waals surface area contributed by atoms with Gasteiger partial charge in [-0.15, -0.1) is 0 Å². The zero-order valence-corrected chi connectivity index (χ0v) is 13.6. The van der Waals surface area contributed by atoms with Crippen molar-refractivity contribution in [3.63, 3.8) is 0 Å². The van der Waals surface area contributed by atoms with Crippen molar-refractivity contribution in [1.82, 2.24) is 0 Å². The van der Waals surface area contributed by atoms with E-state index in [0.29, 0.717) is 5.92 Å². The molecule has 1 heterocycles. The van der Waals surface area contributed by atoms with Crippen LogP contribution in [0.15, 0.2) is 34.7 Å². The van der Waals surface area contributed by atoms with Gasteiger partial charge in [-0.1, -0.05) is 54.0 Å². The van der Waals surface area contributed by atoms with Crippen molar-refractivity contribution in [1.29, 1.82) is 0 Å². The maximum atomic E-state index is 5.61. The molecule has 0 bridgehead atoms. The van der Waals surface area contributed by atoms with E-state index in [2.05, 4.69) is 60.1 Å². The van der Waals surface area contributed by atoms with Gasteiger partial charge in [0.15, 0.2) is 0 Å². The lowest BCUT2D eigenvalue weighted by Crippen LogP contribution is -1.95. The summed E-state index contributed by atoms with van der Waals surface area (Å²) in [6, 6.07) is 11.0. The lowest BCUT2D eigenvalue weighted by atomic mass is 9.96. The second kappa shape index (κ2) is 5.96. The number of rotatable bonds is 4. The Bertz CT molecular complexity index is 539. The quantitative estimate of drug-likeness (QED) is 0.640. The van der Waals surface area contributed by atoms with Crippen LogP contribution >= 0.6 is 15.9 Å². The van der Waals surface area contributed by atoms with Crippen LogP contribution in [-0.2, 0) is 0 Å². The standard InChI is InChI=1S/C17H21BrO/c1-5-11(2)14-6-8-15(9-7-14)17(18)16-10-12(3)19-13(16)4/h6-11,17H,5H2,1-4H3. The molecule has 0 aliphatic rings. The van der Waals surface area contributed by atoms with Crippen LogP contribution in [0.1, 0.15) is 59.2 Å². The molecule has 2 aromatic rings. The summed E-state index contributed by atoms with van der Waals surface area (Å²) in [5, 5.41) is 0. The van der Waals surface area contributed by atoms with Crippen molar-refractivity contribution >= 4 is 15.9 Å². The highest BCUT2D eigenvalue weighted by atomic mass is 79.9. The number of alkyl halides is 1. The highest BCUT2D eigenvalue weighted by Gasteiger charge is 2.16. The number of hydrogen-bond donors (Lipinski definition) is 0. The predicted octanol–water partition coefficient (Wildman–Crippen LogP) is 5.89. The van der Waals surface area contributed by atoms with Gasteiger partial charge in [-0.3, -0.25) is 0 Å². The molecule has 2 unspecified atom stereocenters. The molecular weight excluding hydrogens is 300 g/mol. The van der Waals surface area contributed by atoms with Crippen molar-refractivity contribution < 1.29 is 4.42 Å².